The fraction of sp³-hybridized carbons (Fsp3) is 0.250. The van der Waals surface area contributed by atoms with E-state index in [2.05, 4.69) is 9.97 Å². The van der Waals surface area contributed by atoms with Crippen LogP contribution in [0.1, 0.15) is 24.6 Å². The summed E-state index contributed by atoms with van der Waals surface area (Å²) in [4.78, 5) is 9.23. The number of hydrogen-bond acceptors (Lipinski definition) is 5. The van der Waals surface area contributed by atoms with E-state index in [0.29, 0.717) is 35.8 Å². The third kappa shape index (κ3) is 3.51. The Morgan fingerprint density at radius 2 is 1.96 bits per heavy atom. The van der Waals surface area contributed by atoms with Gasteiger partial charge in [0.1, 0.15) is 5.75 Å². The standard InChI is InChI=1S/C20H22N4O/c1-12-7-8-14-17(10-12)23-20(15-5-3-4-6-18(15)25)24-19(14)16(22)9-13(2)11-21/h3-8,10,13,22,25H,9,11,21H2,1-2H3/t13-/m1/s1. The summed E-state index contributed by atoms with van der Waals surface area (Å²) in [7, 11) is 0. The van der Waals surface area contributed by atoms with E-state index in [1.165, 1.54) is 0 Å². The number of nitrogens with zero attached hydrogens (tertiary/aromatic N) is 2. The van der Waals surface area contributed by atoms with Gasteiger partial charge in [-0.3, -0.25) is 0 Å². The van der Waals surface area contributed by atoms with Gasteiger partial charge in [0, 0.05) is 5.39 Å². The van der Waals surface area contributed by atoms with Gasteiger partial charge in [0.2, 0.25) is 0 Å². The Morgan fingerprint density at radius 3 is 2.68 bits per heavy atom. The Morgan fingerprint density at radius 1 is 1.20 bits per heavy atom. The molecule has 4 N–H and O–H groups in total. The quantitative estimate of drug-likeness (QED) is 0.620. The first kappa shape index (κ1) is 17.0. The number of para-hydroxylation sites is 1. The fourth-order valence-corrected chi connectivity index (χ4v) is 2.78. The highest BCUT2D eigenvalue weighted by Gasteiger charge is 2.16. The lowest BCUT2D eigenvalue weighted by atomic mass is 9.99. The summed E-state index contributed by atoms with van der Waals surface area (Å²) in [5, 5.41) is 19.5. The molecule has 0 bridgehead atoms. The molecule has 0 aliphatic heterocycles. The molecule has 3 aromatic rings. The zero-order chi connectivity index (χ0) is 18.0. The normalized spacial score (nSPS) is 12.3. The number of aromatic hydroxyl groups is 1. The number of phenols is 1. The third-order valence-electron chi connectivity index (χ3n) is 4.24. The first-order chi connectivity index (χ1) is 12.0. The summed E-state index contributed by atoms with van der Waals surface area (Å²) in [6.45, 7) is 4.55. The number of rotatable bonds is 5. The highest BCUT2D eigenvalue weighted by atomic mass is 16.3. The predicted octanol–water partition coefficient (Wildman–Crippen LogP) is 3.66. The van der Waals surface area contributed by atoms with Crippen LogP contribution in [0.15, 0.2) is 42.5 Å². The van der Waals surface area contributed by atoms with Crippen LogP contribution < -0.4 is 5.73 Å². The molecule has 0 amide bonds. The Hall–Kier alpha value is -2.79. The average Bonchev–Trinajstić information content (AvgIpc) is 2.60. The molecule has 0 aliphatic rings. The molecule has 25 heavy (non-hydrogen) atoms. The lowest BCUT2D eigenvalue weighted by molar-refractivity contribution is 0.477. The minimum Gasteiger partial charge on any atom is -0.507 e. The monoisotopic (exact) mass is 334 g/mol. The second-order valence-electron chi connectivity index (χ2n) is 6.46. The van der Waals surface area contributed by atoms with E-state index >= 15 is 0 Å². The van der Waals surface area contributed by atoms with Crippen LogP contribution in [0.5, 0.6) is 5.75 Å². The number of aryl methyl sites for hydroxylation is 1. The van der Waals surface area contributed by atoms with Crippen LogP contribution in [-0.4, -0.2) is 27.3 Å². The number of phenolic OH excluding ortho intramolecular Hbond substituents is 1. The maximum atomic E-state index is 10.2. The molecule has 5 heteroatoms. The van der Waals surface area contributed by atoms with E-state index in [0.717, 1.165) is 16.5 Å². The van der Waals surface area contributed by atoms with Gasteiger partial charge < -0.3 is 16.2 Å². The molecule has 2 aromatic carbocycles. The van der Waals surface area contributed by atoms with Crippen molar-refractivity contribution in [1.82, 2.24) is 9.97 Å². The first-order valence-electron chi connectivity index (χ1n) is 8.34. The number of benzene rings is 2. The summed E-state index contributed by atoms with van der Waals surface area (Å²) in [6, 6.07) is 12.9. The Bertz CT molecular complexity index is 936. The molecule has 0 saturated carbocycles. The van der Waals surface area contributed by atoms with Gasteiger partial charge in [-0.1, -0.05) is 31.2 Å². The molecule has 0 spiro atoms. The van der Waals surface area contributed by atoms with E-state index < -0.39 is 0 Å². The van der Waals surface area contributed by atoms with E-state index in [1.807, 2.05) is 38.1 Å². The van der Waals surface area contributed by atoms with Crippen molar-refractivity contribution in [2.45, 2.75) is 20.3 Å². The van der Waals surface area contributed by atoms with Gasteiger partial charge in [-0.15, -0.1) is 0 Å². The summed E-state index contributed by atoms with van der Waals surface area (Å²) < 4.78 is 0. The molecular formula is C20H22N4O. The van der Waals surface area contributed by atoms with E-state index in [4.69, 9.17) is 11.1 Å². The SMILES string of the molecule is Cc1ccc2c(C(=N)C[C@@H](C)CN)nc(-c3ccccc3O)nc2c1. The molecule has 0 saturated heterocycles. The molecule has 3 rings (SSSR count). The highest BCUT2D eigenvalue weighted by molar-refractivity contribution is 6.07. The van der Waals surface area contributed by atoms with Crippen molar-refractivity contribution in [1.29, 1.82) is 5.41 Å². The lowest BCUT2D eigenvalue weighted by Gasteiger charge is -2.13. The van der Waals surface area contributed by atoms with Gasteiger partial charge in [0.05, 0.1) is 22.5 Å². The Kier molecular flexibility index (Phi) is 4.76. The van der Waals surface area contributed by atoms with Crippen LogP contribution in [0.2, 0.25) is 0 Å². The molecule has 0 unspecified atom stereocenters. The van der Waals surface area contributed by atoms with Gasteiger partial charge >= 0.3 is 0 Å². The molecule has 0 radical (unpaired) electrons. The van der Waals surface area contributed by atoms with Crippen molar-refractivity contribution in [3.8, 4) is 17.1 Å². The van der Waals surface area contributed by atoms with Gasteiger partial charge in [-0.25, -0.2) is 9.97 Å². The minimum absolute atomic E-state index is 0.127. The van der Waals surface area contributed by atoms with E-state index in [9.17, 15) is 5.11 Å². The number of hydrogen-bond donors (Lipinski definition) is 3. The molecule has 0 fully saturated rings. The molecule has 1 atom stereocenters. The van der Waals surface area contributed by atoms with Crippen molar-refractivity contribution in [2.75, 3.05) is 6.54 Å². The molecular weight excluding hydrogens is 312 g/mol. The highest BCUT2D eigenvalue weighted by Crippen LogP contribution is 2.29. The van der Waals surface area contributed by atoms with Crippen LogP contribution in [0.25, 0.3) is 22.3 Å². The molecule has 1 aromatic heterocycles. The van der Waals surface area contributed by atoms with Gasteiger partial charge in [0.15, 0.2) is 5.82 Å². The zero-order valence-corrected chi connectivity index (χ0v) is 14.5. The van der Waals surface area contributed by atoms with Crippen LogP contribution in [0, 0.1) is 18.3 Å². The third-order valence-corrected chi connectivity index (χ3v) is 4.24. The molecule has 128 valence electrons. The van der Waals surface area contributed by atoms with Crippen LogP contribution in [0.4, 0.5) is 0 Å². The van der Waals surface area contributed by atoms with Gasteiger partial charge in [-0.05, 0) is 49.6 Å². The maximum absolute atomic E-state index is 10.2. The van der Waals surface area contributed by atoms with E-state index in [1.54, 1.807) is 18.2 Å². The molecule has 5 nitrogen and oxygen atoms in total. The van der Waals surface area contributed by atoms with E-state index in [-0.39, 0.29) is 11.7 Å². The minimum atomic E-state index is 0.127. The second-order valence-corrected chi connectivity index (χ2v) is 6.46. The van der Waals surface area contributed by atoms with Crippen molar-refractivity contribution in [3.63, 3.8) is 0 Å². The lowest BCUT2D eigenvalue weighted by Crippen LogP contribution is -2.16. The predicted molar refractivity (Wildman–Crippen MR) is 101 cm³/mol. The van der Waals surface area contributed by atoms with Crippen molar-refractivity contribution < 1.29 is 5.11 Å². The fourth-order valence-electron chi connectivity index (χ4n) is 2.78. The van der Waals surface area contributed by atoms with Crippen molar-refractivity contribution in [2.24, 2.45) is 11.7 Å². The maximum Gasteiger partial charge on any atom is 0.164 e. The zero-order valence-electron chi connectivity index (χ0n) is 14.5. The molecule has 1 heterocycles. The Balaban J connectivity index is 2.20. The molecule has 0 aliphatic carbocycles. The van der Waals surface area contributed by atoms with Crippen LogP contribution in [0.3, 0.4) is 0 Å². The second kappa shape index (κ2) is 6.99. The Labute approximate surface area is 147 Å². The van der Waals surface area contributed by atoms with Gasteiger partial charge in [0.25, 0.3) is 0 Å². The van der Waals surface area contributed by atoms with Gasteiger partial charge in [-0.2, -0.15) is 0 Å². The average molecular weight is 334 g/mol. The summed E-state index contributed by atoms with van der Waals surface area (Å²) >= 11 is 0. The number of fused-ring (bicyclic) bond motifs is 1. The summed E-state index contributed by atoms with van der Waals surface area (Å²) in [5.74, 6) is 0.759. The number of nitrogens with one attached hydrogen (secondary N) is 1. The largest absolute Gasteiger partial charge is 0.507 e. The smallest absolute Gasteiger partial charge is 0.164 e. The summed E-state index contributed by atoms with van der Waals surface area (Å²) in [5.41, 5.74) is 9.16. The number of nitrogens with two attached hydrogens (primary N) is 1. The summed E-state index contributed by atoms with van der Waals surface area (Å²) in [6.07, 6.45) is 0.552. The topological polar surface area (TPSA) is 95.9 Å². The van der Waals surface area contributed by atoms with Crippen LogP contribution in [-0.2, 0) is 0 Å². The first-order valence-corrected chi connectivity index (χ1v) is 8.34. The van der Waals surface area contributed by atoms with Crippen LogP contribution >= 0.6 is 0 Å². The number of aromatic nitrogens is 2. The van der Waals surface area contributed by atoms with Crippen molar-refractivity contribution >= 4 is 16.6 Å². The van der Waals surface area contributed by atoms with Crippen molar-refractivity contribution in [3.05, 3.63) is 53.7 Å².